The van der Waals surface area contributed by atoms with Crippen molar-refractivity contribution in [2.45, 2.75) is 20.0 Å². The van der Waals surface area contributed by atoms with Crippen LogP contribution in [0.25, 0.3) is 0 Å². The lowest BCUT2D eigenvalue weighted by Crippen LogP contribution is -2.30. The zero-order chi connectivity index (χ0) is 11.8. The van der Waals surface area contributed by atoms with E-state index in [9.17, 15) is 0 Å². The van der Waals surface area contributed by atoms with E-state index in [4.69, 9.17) is 4.74 Å². The standard InChI is InChI=1S/C13H22N2O/c1-11-5-4-6-13(9-11)15-8-7-14-10-12(2)16-3/h4-6,9,12,14-15H,7-8,10H2,1-3H3. The lowest BCUT2D eigenvalue weighted by Gasteiger charge is -2.11. The Morgan fingerprint density at radius 3 is 2.81 bits per heavy atom. The normalized spacial score (nSPS) is 12.4. The molecule has 1 aromatic rings. The maximum absolute atomic E-state index is 5.15. The molecule has 0 radical (unpaired) electrons. The van der Waals surface area contributed by atoms with E-state index in [1.165, 1.54) is 11.3 Å². The van der Waals surface area contributed by atoms with Gasteiger partial charge in [-0.25, -0.2) is 0 Å². The van der Waals surface area contributed by atoms with Crippen molar-refractivity contribution in [2.24, 2.45) is 0 Å². The first-order valence-corrected chi connectivity index (χ1v) is 5.76. The Kier molecular flexibility index (Phi) is 5.90. The van der Waals surface area contributed by atoms with Crippen LogP contribution >= 0.6 is 0 Å². The molecule has 0 bridgehead atoms. The molecule has 0 fully saturated rings. The molecule has 3 nitrogen and oxygen atoms in total. The van der Waals surface area contributed by atoms with Crippen LogP contribution in [0.1, 0.15) is 12.5 Å². The lowest BCUT2D eigenvalue weighted by molar-refractivity contribution is 0.117. The second-order valence-electron chi connectivity index (χ2n) is 4.05. The Bertz CT molecular complexity index is 302. The average molecular weight is 222 g/mol. The maximum Gasteiger partial charge on any atom is 0.0667 e. The molecule has 0 saturated heterocycles. The van der Waals surface area contributed by atoms with Gasteiger partial charge in [0.15, 0.2) is 0 Å². The number of hydrogen-bond acceptors (Lipinski definition) is 3. The van der Waals surface area contributed by atoms with Crippen molar-refractivity contribution in [1.29, 1.82) is 0 Å². The minimum absolute atomic E-state index is 0.277. The van der Waals surface area contributed by atoms with E-state index in [0.29, 0.717) is 0 Å². The summed E-state index contributed by atoms with van der Waals surface area (Å²) in [5.41, 5.74) is 2.47. The number of benzene rings is 1. The highest BCUT2D eigenvalue weighted by atomic mass is 16.5. The molecule has 16 heavy (non-hydrogen) atoms. The van der Waals surface area contributed by atoms with Crippen molar-refractivity contribution in [2.75, 3.05) is 32.1 Å². The summed E-state index contributed by atoms with van der Waals surface area (Å²) in [6.07, 6.45) is 0.277. The van der Waals surface area contributed by atoms with Gasteiger partial charge in [-0.2, -0.15) is 0 Å². The fourth-order valence-electron chi connectivity index (χ4n) is 1.44. The maximum atomic E-state index is 5.15. The first-order valence-electron chi connectivity index (χ1n) is 5.76. The molecule has 0 aromatic heterocycles. The molecule has 90 valence electrons. The Balaban J connectivity index is 2.12. The van der Waals surface area contributed by atoms with Crippen molar-refractivity contribution in [3.8, 4) is 0 Å². The Labute approximate surface area is 98.2 Å². The van der Waals surface area contributed by atoms with Crippen molar-refractivity contribution in [3.05, 3.63) is 29.8 Å². The van der Waals surface area contributed by atoms with Crippen LogP contribution < -0.4 is 10.6 Å². The van der Waals surface area contributed by atoms with E-state index >= 15 is 0 Å². The minimum Gasteiger partial charge on any atom is -0.384 e. The first-order chi connectivity index (χ1) is 7.72. The van der Waals surface area contributed by atoms with Crippen molar-refractivity contribution >= 4 is 5.69 Å². The Morgan fingerprint density at radius 2 is 2.12 bits per heavy atom. The summed E-state index contributed by atoms with van der Waals surface area (Å²) in [6, 6.07) is 8.41. The summed E-state index contributed by atoms with van der Waals surface area (Å²) in [4.78, 5) is 0. The highest BCUT2D eigenvalue weighted by molar-refractivity contribution is 5.45. The van der Waals surface area contributed by atoms with Gasteiger partial charge in [0.25, 0.3) is 0 Å². The second-order valence-corrected chi connectivity index (χ2v) is 4.05. The van der Waals surface area contributed by atoms with Crippen LogP contribution in [-0.2, 0) is 4.74 Å². The van der Waals surface area contributed by atoms with E-state index in [2.05, 4.69) is 48.7 Å². The Morgan fingerprint density at radius 1 is 1.31 bits per heavy atom. The SMILES string of the molecule is COC(C)CNCCNc1cccc(C)c1. The monoisotopic (exact) mass is 222 g/mol. The number of nitrogens with one attached hydrogen (secondary N) is 2. The molecule has 1 aromatic carbocycles. The second kappa shape index (κ2) is 7.25. The van der Waals surface area contributed by atoms with E-state index in [-0.39, 0.29) is 6.10 Å². The van der Waals surface area contributed by atoms with E-state index < -0.39 is 0 Å². The molecular formula is C13H22N2O. The van der Waals surface area contributed by atoms with Crippen LogP contribution in [0.15, 0.2) is 24.3 Å². The topological polar surface area (TPSA) is 33.3 Å². The predicted molar refractivity (Wildman–Crippen MR) is 69.0 cm³/mol. The zero-order valence-electron chi connectivity index (χ0n) is 10.4. The summed E-state index contributed by atoms with van der Waals surface area (Å²) < 4.78 is 5.15. The van der Waals surface area contributed by atoms with Gasteiger partial charge >= 0.3 is 0 Å². The molecule has 3 heteroatoms. The molecule has 0 heterocycles. The highest BCUT2D eigenvalue weighted by Gasteiger charge is 1.97. The quantitative estimate of drug-likeness (QED) is 0.693. The molecule has 0 saturated carbocycles. The van der Waals surface area contributed by atoms with Crippen molar-refractivity contribution < 1.29 is 4.74 Å². The van der Waals surface area contributed by atoms with Crippen molar-refractivity contribution in [1.82, 2.24) is 5.32 Å². The number of rotatable bonds is 7. The van der Waals surface area contributed by atoms with Gasteiger partial charge in [0.1, 0.15) is 0 Å². The molecule has 1 atom stereocenters. The van der Waals surface area contributed by atoms with Gasteiger partial charge in [0.2, 0.25) is 0 Å². The van der Waals surface area contributed by atoms with E-state index in [1.54, 1.807) is 7.11 Å². The number of hydrogen-bond donors (Lipinski definition) is 2. The van der Waals surface area contributed by atoms with Crippen LogP contribution in [0.4, 0.5) is 5.69 Å². The van der Waals surface area contributed by atoms with Crippen LogP contribution in [0.2, 0.25) is 0 Å². The van der Waals surface area contributed by atoms with Gasteiger partial charge in [-0.3, -0.25) is 0 Å². The Hall–Kier alpha value is -1.06. The summed E-state index contributed by atoms with van der Waals surface area (Å²) in [6.45, 7) is 6.93. The highest BCUT2D eigenvalue weighted by Crippen LogP contribution is 2.08. The molecule has 0 aliphatic heterocycles. The number of ether oxygens (including phenoxy) is 1. The average Bonchev–Trinajstić information content (AvgIpc) is 2.28. The van der Waals surface area contributed by atoms with Gasteiger partial charge in [0, 0.05) is 32.4 Å². The smallest absolute Gasteiger partial charge is 0.0667 e. The third kappa shape index (κ3) is 5.14. The third-order valence-corrected chi connectivity index (χ3v) is 2.48. The van der Waals surface area contributed by atoms with E-state index in [0.717, 1.165) is 19.6 Å². The molecule has 2 N–H and O–H groups in total. The van der Waals surface area contributed by atoms with Gasteiger partial charge in [-0.1, -0.05) is 12.1 Å². The molecule has 0 amide bonds. The van der Waals surface area contributed by atoms with E-state index in [1.807, 2.05) is 0 Å². The molecular weight excluding hydrogens is 200 g/mol. The largest absolute Gasteiger partial charge is 0.384 e. The van der Waals surface area contributed by atoms with Gasteiger partial charge < -0.3 is 15.4 Å². The van der Waals surface area contributed by atoms with Gasteiger partial charge in [-0.05, 0) is 31.5 Å². The molecule has 1 unspecified atom stereocenters. The van der Waals surface area contributed by atoms with Crippen LogP contribution in [0.5, 0.6) is 0 Å². The number of anilines is 1. The minimum atomic E-state index is 0.277. The third-order valence-electron chi connectivity index (χ3n) is 2.48. The van der Waals surface area contributed by atoms with Crippen LogP contribution in [0.3, 0.4) is 0 Å². The molecule has 0 aliphatic carbocycles. The first kappa shape index (κ1) is 13.0. The lowest BCUT2D eigenvalue weighted by atomic mass is 10.2. The number of aryl methyl sites for hydroxylation is 1. The number of methoxy groups -OCH3 is 1. The van der Waals surface area contributed by atoms with Crippen LogP contribution in [-0.4, -0.2) is 32.8 Å². The zero-order valence-corrected chi connectivity index (χ0v) is 10.4. The predicted octanol–water partition coefficient (Wildman–Crippen LogP) is 2.03. The fraction of sp³-hybridized carbons (Fsp3) is 0.538. The fourth-order valence-corrected chi connectivity index (χ4v) is 1.44. The van der Waals surface area contributed by atoms with Crippen LogP contribution in [0, 0.1) is 6.92 Å². The summed E-state index contributed by atoms with van der Waals surface area (Å²) in [5.74, 6) is 0. The molecule has 0 spiro atoms. The summed E-state index contributed by atoms with van der Waals surface area (Å²) >= 11 is 0. The van der Waals surface area contributed by atoms with Gasteiger partial charge in [0.05, 0.1) is 6.10 Å². The summed E-state index contributed by atoms with van der Waals surface area (Å²) in [5, 5.41) is 6.71. The van der Waals surface area contributed by atoms with Gasteiger partial charge in [-0.15, -0.1) is 0 Å². The molecule has 1 rings (SSSR count). The van der Waals surface area contributed by atoms with Crippen molar-refractivity contribution in [3.63, 3.8) is 0 Å². The molecule has 0 aliphatic rings. The summed E-state index contributed by atoms with van der Waals surface area (Å²) in [7, 11) is 1.73.